The SMILES string of the molecule is CCCOc1nc(Cl)nc(NCCN2CCCC2)n1. The summed E-state index contributed by atoms with van der Waals surface area (Å²) in [5.41, 5.74) is 0. The molecular formula is C12H20ClN5O. The lowest BCUT2D eigenvalue weighted by molar-refractivity contribution is 0.291. The third kappa shape index (κ3) is 4.80. The number of hydrogen-bond acceptors (Lipinski definition) is 6. The molecule has 1 fully saturated rings. The highest BCUT2D eigenvalue weighted by molar-refractivity contribution is 6.28. The van der Waals surface area contributed by atoms with Gasteiger partial charge in [-0.2, -0.15) is 15.0 Å². The fraction of sp³-hybridized carbons (Fsp3) is 0.750. The molecule has 1 aliphatic rings. The van der Waals surface area contributed by atoms with Gasteiger partial charge in [0.2, 0.25) is 11.2 Å². The highest BCUT2D eigenvalue weighted by Gasteiger charge is 2.11. The van der Waals surface area contributed by atoms with Gasteiger partial charge in [-0.05, 0) is 44.0 Å². The van der Waals surface area contributed by atoms with Crippen LogP contribution in [0.15, 0.2) is 0 Å². The predicted molar refractivity (Wildman–Crippen MR) is 74.8 cm³/mol. The number of aromatic nitrogens is 3. The Hall–Kier alpha value is -1.14. The van der Waals surface area contributed by atoms with Crippen molar-refractivity contribution in [1.82, 2.24) is 19.9 Å². The van der Waals surface area contributed by atoms with Crippen LogP contribution in [0.5, 0.6) is 6.01 Å². The zero-order chi connectivity index (χ0) is 13.5. The Kier molecular flexibility index (Phi) is 5.60. The van der Waals surface area contributed by atoms with Gasteiger partial charge in [-0.25, -0.2) is 0 Å². The summed E-state index contributed by atoms with van der Waals surface area (Å²) in [7, 11) is 0. The van der Waals surface area contributed by atoms with E-state index >= 15 is 0 Å². The summed E-state index contributed by atoms with van der Waals surface area (Å²) in [5, 5.41) is 3.32. The Morgan fingerprint density at radius 2 is 2.05 bits per heavy atom. The summed E-state index contributed by atoms with van der Waals surface area (Å²) in [6.45, 7) is 6.77. The molecule has 106 valence electrons. The summed E-state index contributed by atoms with van der Waals surface area (Å²) in [6, 6.07) is 0.283. The zero-order valence-electron chi connectivity index (χ0n) is 11.2. The highest BCUT2D eigenvalue weighted by atomic mass is 35.5. The molecule has 0 radical (unpaired) electrons. The molecule has 0 aliphatic carbocycles. The first-order valence-corrected chi connectivity index (χ1v) is 7.16. The molecule has 19 heavy (non-hydrogen) atoms. The Morgan fingerprint density at radius 3 is 2.79 bits per heavy atom. The topological polar surface area (TPSA) is 63.2 Å². The summed E-state index contributed by atoms with van der Waals surface area (Å²) >= 11 is 5.84. The average molecular weight is 286 g/mol. The van der Waals surface area contributed by atoms with Crippen LogP contribution in [0, 0.1) is 0 Å². The van der Waals surface area contributed by atoms with Crippen LogP contribution < -0.4 is 10.1 Å². The van der Waals surface area contributed by atoms with Crippen molar-refractivity contribution < 1.29 is 4.74 Å². The van der Waals surface area contributed by atoms with Gasteiger partial charge in [0, 0.05) is 13.1 Å². The maximum Gasteiger partial charge on any atom is 0.322 e. The van der Waals surface area contributed by atoms with Crippen LogP contribution in [0.2, 0.25) is 5.28 Å². The standard InChI is InChI=1S/C12H20ClN5O/c1-2-9-19-12-16-10(13)15-11(17-12)14-5-8-18-6-3-4-7-18/h2-9H2,1H3,(H,14,15,16,17). The van der Waals surface area contributed by atoms with Gasteiger partial charge in [0.25, 0.3) is 0 Å². The molecule has 1 aromatic heterocycles. The van der Waals surface area contributed by atoms with E-state index in [1.165, 1.54) is 25.9 Å². The van der Waals surface area contributed by atoms with Crippen molar-refractivity contribution in [3.8, 4) is 6.01 Å². The number of anilines is 1. The van der Waals surface area contributed by atoms with E-state index in [2.05, 4.69) is 25.2 Å². The lowest BCUT2D eigenvalue weighted by Crippen LogP contribution is -2.26. The second-order valence-corrected chi connectivity index (χ2v) is 4.87. The van der Waals surface area contributed by atoms with Crippen molar-refractivity contribution in [3.05, 3.63) is 5.28 Å². The molecule has 2 heterocycles. The Labute approximate surface area is 118 Å². The van der Waals surface area contributed by atoms with E-state index in [4.69, 9.17) is 16.3 Å². The smallest absolute Gasteiger partial charge is 0.322 e. The third-order valence-corrected chi connectivity index (χ3v) is 3.10. The van der Waals surface area contributed by atoms with Gasteiger partial charge in [-0.3, -0.25) is 0 Å². The first-order valence-electron chi connectivity index (χ1n) is 6.78. The van der Waals surface area contributed by atoms with Gasteiger partial charge in [-0.15, -0.1) is 0 Å². The van der Waals surface area contributed by atoms with E-state index in [0.29, 0.717) is 12.6 Å². The van der Waals surface area contributed by atoms with Gasteiger partial charge >= 0.3 is 6.01 Å². The molecule has 0 atom stereocenters. The molecule has 0 aromatic carbocycles. The van der Waals surface area contributed by atoms with Gasteiger partial charge < -0.3 is 15.0 Å². The second kappa shape index (κ2) is 7.45. The Bertz CT molecular complexity index is 398. The molecule has 6 nitrogen and oxygen atoms in total. The van der Waals surface area contributed by atoms with E-state index in [-0.39, 0.29) is 11.3 Å². The van der Waals surface area contributed by atoms with Crippen LogP contribution in [0.25, 0.3) is 0 Å². The van der Waals surface area contributed by atoms with E-state index < -0.39 is 0 Å². The molecule has 1 saturated heterocycles. The van der Waals surface area contributed by atoms with E-state index in [1.807, 2.05) is 6.92 Å². The number of rotatable bonds is 7. The number of halogens is 1. The lowest BCUT2D eigenvalue weighted by Gasteiger charge is -2.14. The molecule has 1 aromatic rings. The van der Waals surface area contributed by atoms with Crippen molar-refractivity contribution >= 4 is 17.5 Å². The number of nitrogens with zero attached hydrogens (tertiary/aromatic N) is 4. The molecule has 0 amide bonds. The van der Waals surface area contributed by atoms with Crippen LogP contribution in [0.4, 0.5) is 5.95 Å². The van der Waals surface area contributed by atoms with Crippen LogP contribution in [0.1, 0.15) is 26.2 Å². The van der Waals surface area contributed by atoms with Crippen LogP contribution in [0.3, 0.4) is 0 Å². The van der Waals surface area contributed by atoms with Crippen molar-refractivity contribution in [3.63, 3.8) is 0 Å². The minimum absolute atomic E-state index is 0.157. The summed E-state index contributed by atoms with van der Waals surface area (Å²) < 4.78 is 5.36. The van der Waals surface area contributed by atoms with E-state index in [0.717, 1.165) is 19.5 Å². The molecule has 7 heteroatoms. The quantitative estimate of drug-likeness (QED) is 0.824. The minimum atomic E-state index is 0.157. The first-order chi connectivity index (χ1) is 9.28. The van der Waals surface area contributed by atoms with E-state index in [9.17, 15) is 0 Å². The van der Waals surface area contributed by atoms with Gasteiger partial charge in [0.1, 0.15) is 0 Å². The second-order valence-electron chi connectivity index (χ2n) is 4.53. The fourth-order valence-electron chi connectivity index (χ4n) is 2.00. The zero-order valence-corrected chi connectivity index (χ0v) is 12.0. The maximum absolute atomic E-state index is 5.84. The summed E-state index contributed by atoms with van der Waals surface area (Å²) in [5.74, 6) is 0.477. The highest BCUT2D eigenvalue weighted by Crippen LogP contribution is 2.12. The fourth-order valence-corrected chi connectivity index (χ4v) is 2.15. The van der Waals surface area contributed by atoms with Gasteiger partial charge in [0.05, 0.1) is 6.61 Å². The number of likely N-dealkylation sites (tertiary alicyclic amines) is 1. The predicted octanol–water partition coefficient (Wildman–Crippen LogP) is 1.82. The molecule has 0 spiro atoms. The first kappa shape index (κ1) is 14.3. The largest absolute Gasteiger partial charge is 0.463 e. The molecule has 2 rings (SSSR count). The van der Waals surface area contributed by atoms with Gasteiger partial charge in [-0.1, -0.05) is 6.92 Å². The normalized spacial score (nSPS) is 15.7. The molecule has 0 bridgehead atoms. The Balaban J connectivity index is 1.82. The molecule has 0 saturated carbocycles. The number of ether oxygens (including phenoxy) is 1. The summed E-state index contributed by atoms with van der Waals surface area (Å²) in [4.78, 5) is 14.6. The maximum atomic E-state index is 5.84. The molecule has 0 unspecified atom stereocenters. The summed E-state index contributed by atoms with van der Waals surface area (Å²) in [6.07, 6.45) is 3.50. The van der Waals surface area contributed by atoms with Crippen molar-refractivity contribution in [2.24, 2.45) is 0 Å². The molecular weight excluding hydrogens is 266 g/mol. The van der Waals surface area contributed by atoms with Crippen LogP contribution in [-0.4, -0.2) is 52.6 Å². The lowest BCUT2D eigenvalue weighted by atomic mass is 10.4. The number of nitrogens with one attached hydrogen (secondary N) is 1. The minimum Gasteiger partial charge on any atom is -0.463 e. The molecule has 1 N–H and O–H groups in total. The monoisotopic (exact) mass is 285 g/mol. The van der Waals surface area contributed by atoms with Crippen molar-refractivity contribution in [1.29, 1.82) is 0 Å². The van der Waals surface area contributed by atoms with Crippen LogP contribution in [-0.2, 0) is 0 Å². The van der Waals surface area contributed by atoms with Gasteiger partial charge in [0.15, 0.2) is 0 Å². The third-order valence-electron chi connectivity index (χ3n) is 2.93. The van der Waals surface area contributed by atoms with Crippen molar-refractivity contribution in [2.75, 3.05) is 38.1 Å². The Morgan fingerprint density at radius 1 is 1.26 bits per heavy atom. The van der Waals surface area contributed by atoms with E-state index in [1.54, 1.807) is 0 Å². The molecule has 1 aliphatic heterocycles. The van der Waals surface area contributed by atoms with Crippen molar-refractivity contribution in [2.45, 2.75) is 26.2 Å². The van der Waals surface area contributed by atoms with Crippen LogP contribution >= 0.6 is 11.6 Å². The average Bonchev–Trinajstić information content (AvgIpc) is 2.89. The number of hydrogen-bond donors (Lipinski definition) is 1.